The van der Waals surface area contributed by atoms with Gasteiger partial charge in [-0.3, -0.25) is 0 Å². The monoisotopic (exact) mass is 265 g/mol. The Morgan fingerprint density at radius 2 is 2.26 bits per heavy atom. The molecule has 0 amide bonds. The number of aromatic nitrogens is 3. The minimum atomic E-state index is -1.10. The topological polar surface area (TPSA) is 107 Å². The Labute approximate surface area is 107 Å². The molecule has 1 N–H and O–H groups in total. The molecule has 2 aromatic rings. The van der Waals surface area contributed by atoms with Gasteiger partial charge in [-0.25, -0.2) is 9.59 Å². The fourth-order valence-electron chi connectivity index (χ4n) is 1.44. The average molecular weight is 265 g/mol. The molecule has 0 saturated heterocycles. The van der Waals surface area contributed by atoms with Crippen LogP contribution in [-0.4, -0.2) is 38.4 Å². The number of ether oxygens (including phenoxy) is 1. The van der Waals surface area contributed by atoms with Gasteiger partial charge in [-0.05, 0) is 13.8 Å². The quantitative estimate of drug-likeness (QED) is 0.823. The number of nitrogens with zero attached hydrogens (tertiary/aromatic N) is 3. The number of esters is 1. The molecule has 2 heterocycles. The first-order valence-electron chi connectivity index (χ1n) is 5.45. The van der Waals surface area contributed by atoms with Crippen LogP contribution >= 0.6 is 0 Å². The lowest BCUT2D eigenvalue weighted by Crippen LogP contribution is -2.05. The van der Waals surface area contributed by atoms with E-state index in [1.54, 1.807) is 13.8 Å². The summed E-state index contributed by atoms with van der Waals surface area (Å²) in [5.74, 6) is -1.71. The number of oxazole rings is 1. The summed E-state index contributed by atoms with van der Waals surface area (Å²) in [6, 6.07) is -0.00125. The van der Waals surface area contributed by atoms with Crippen LogP contribution in [-0.2, 0) is 4.74 Å². The van der Waals surface area contributed by atoms with Crippen molar-refractivity contribution in [3.05, 3.63) is 29.4 Å². The lowest BCUT2D eigenvalue weighted by molar-refractivity contribution is 0.0519. The van der Waals surface area contributed by atoms with Gasteiger partial charge < -0.3 is 14.3 Å². The maximum absolute atomic E-state index is 11.4. The highest BCUT2D eigenvalue weighted by Gasteiger charge is 2.18. The van der Waals surface area contributed by atoms with Gasteiger partial charge in [-0.15, -0.1) is 0 Å². The highest BCUT2D eigenvalue weighted by atomic mass is 16.5. The van der Waals surface area contributed by atoms with E-state index in [-0.39, 0.29) is 23.9 Å². The summed E-state index contributed by atoms with van der Waals surface area (Å²) < 4.78 is 11.0. The summed E-state index contributed by atoms with van der Waals surface area (Å²) >= 11 is 0. The Balaban J connectivity index is 2.30. The standard InChI is InChI=1S/C11H11N3O5/c1-3-18-10(17)8-5-19-11(12-8)14-4-7(9(15)16)6(2)13-14/h4-5H,3H2,1-2H3,(H,15,16). The largest absolute Gasteiger partial charge is 0.478 e. The highest BCUT2D eigenvalue weighted by molar-refractivity contribution is 5.88. The number of carbonyl (C=O) groups is 2. The van der Waals surface area contributed by atoms with Gasteiger partial charge in [0.2, 0.25) is 0 Å². The molecule has 0 spiro atoms. The average Bonchev–Trinajstić information content (AvgIpc) is 2.95. The Kier molecular flexibility index (Phi) is 3.32. The van der Waals surface area contributed by atoms with E-state index in [0.717, 1.165) is 10.9 Å². The number of carbonyl (C=O) groups excluding carboxylic acids is 1. The van der Waals surface area contributed by atoms with Crippen LogP contribution in [0.25, 0.3) is 6.01 Å². The van der Waals surface area contributed by atoms with Crippen LogP contribution in [0.2, 0.25) is 0 Å². The Hall–Kier alpha value is -2.64. The third-order valence-corrected chi connectivity index (χ3v) is 2.30. The molecule has 0 saturated carbocycles. The van der Waals surface area contributed by atoms with Crippen molar-refractivity contribution in [2.75, 3.05) is 6.61 Å². The van der Waals surface area contributed by atoms with Gasteiger partial charge in [0.1, 0.15) is 11.8 Å². The molecule has 0 bridgehead atoms. The lowest BCUT2D eigenvalue weighted by atomic mass is 10.3. The van der Waals surface area contributed by atoms with Crippen LogP contribution in [0.15, 0.2) is 16.9 Å². The normalized spacial score (nSPS) is 10.4. The van der Waals surface area contributed by atoms with Crippen molar-refractivity contribution < 1.29 is 23.8 Å². The van der Waals surface area contributed by atoms with Gasteiger partial charge in [0.05, 0.1) is 18.5 Å². The van der Waals surface area contributed by atoms with Crippen molar-refractivity contribution in [3.8, 4) is 6.01 Å². The first-order chi connectivity index (χ1) is 9.02. The third kappa shape index (κ3) is 2.46. The summed E-state index contributed by atoms with van der Waals surface area (Å²) in [6.45, 7) is 3.45. The molecular weight excluding hydrogens is 254 g/mol. The number of aryl methyl sites for hydroxylation is 1. The van der Waals surface area contributed by atoms with E-state index in [2.05, 4.69) is 10.1 Å². The van der Waals surface area contributed by atoms with Gasteiger partial charge in [0.25, 0.3) is 0 Å². The van der Waals surface area contributed by atoms with Crippen LogP contribution in [0, 0.1) is 6.92 Å². The van der Waals surface area contributed by atoms with Crippen LogP contribution < -0.4 is 0 Å². The van der Waals surface area contributed by atoms with Gasteiger partial charge >= 0.3 is 18.0 Å². The van der Waals surface area contributed by atoms with Crippen molar-refractivity contribution in [3.63, 3.8) is 0 Å². The highest BCUT2D eigenvalue weighted by Crippen LogP contribution is 2.12. The Morgan fingerprint density at radius 1 is 1.53 bits per heavy atom. The molecule has 0 atom stereocenters. The maximum Gasteiger partial charge on any atom is 0.360 e. The molecule has 100 valence electrons. The van der Waals surface area contributed by atoms with E-state index in [4.69, 9.17) is 14.3 Å². The van der Waals surface area contributed by atoms with E-state index >= 15 is 0 Å². The molecule has 0 aromatic carbocycles. The molecular formula is C11H11N3O5. The molecule has 19 heavy (non-hydrogen) atoms. The van der Waals surface area contributed by atoms with Crippen LogP contribution in [0.1, 0.15) is 33.5 Å². The van der Waals surface area contributed by atoms with E-state index in [0.29, 0.717) is 5.69 Å². The SMILES string of the molecule is CCOC(=O)c1coc(-n2cc(C(=O)O)c(C)n2)n1. The molecule has 0 aliphatic rings. The van der Waals surface area contributed by atoms with Crippen molar-refractivity contribution in [2.24, 2.45) is 0 Å². The summed E-state index contributed by atoms with van der Waals surface area (Å²) in [5.41, 5.74) is 0.362. The van der Waals surface area contributed by atoms with E-state index in [1.165, 1.54) is 6.20 Å². The second kappa shape index (κ2) is 4.92. The van der Waals surface area contributed by atoms with Gasteiger partial charge in [-0.2, -0.15) is 14.8 Å². The smallest absolute Gasteiger partial charge is 0.360 e. The Morgan fingerprint density at radius 3 is 2.84 bits per heavy atom. The predicted molar refractivity (Wildman–Crippen MR) is 61.3 cm³/mol. The summed E-state index contributed by atoms with van der Waals surface area (Å²) in [5, 5.41) is 12.9. The van der Waals surface area contributed by atoms with Gasteiger partial charge in [-0.1, -0.05) is 0 Å². The van der Waals surface area contributed by atoms with Crippen molar-refractivity contribution in [2.45, 2.75) is 13.8 Å². The van der Waals surface area contributed by atoms with Crippen LogP contribution in [0.3, 0.4) is 0 Å². The lowest BCUT2D eigenvalue weighted by Gasteiger charge is -1.95. The number of carboxylic acid groups (broad SMARTS) is 1. The molecule has 2 aromatic heterocycles. The summed E-state index contributed by atoms with van der Waals surface area (Å²) in [7, 11) is 0. The number of hydrogen-bond acceptors (Lipinski definition) is 6. The minimum Gasteiger partial charge on any atom is -0.478 e. The molecule has 2 rings (SSSR count). The van der Waals surface area contributed by atoms with Gasteiger partial charge in [0.15, 0.2) is 5.69 Å². The van der Waals surface area contributed by atoms with Gasteiger partial charge in [0, 0.05) is 0 Å². The van der Waals surface area contributed by atoms with E-state index < -0.39 is 11.9 Å². The number of rotatable bonds is 4. The number of hydrogen-bond donors (Lipinski definition) is 1. The zero-order valence-electron chi connectivity index (χ0n) is 10.3. The van der Waals surface area contributed by atoms with Crippen LogP contribution in [0.4, 0.5) is 0 Å². The molecule has 0 unspecified atom stereocenters. The Bertz CT molecular complexity index is 628. The molecule has 0 aliphatic carbocycles. The van der Waals surface area contributed by atoms with E-state index in [9.17, 15) is 9.59 Å². The fraction of sp³-hybridized carbons (Fsp3) is 0.273. The summed E-state index contributed by atoms with van der Waals surface area (Å²) in [4.78, 5) is 26.2. The first-order valence-corrected chi connectivity index (χ1v) is 5.45. The van der Waals surface area contributed by atoms with Crippen LogP contribution in [0.5, 0.6) is 0 Å². The molecule has 8 heteroatoms. The number of carboxylic acids is 1. The van der Waals surface area contributed by atoms with Crippen molar-refractivity contribution >= 4 is 11.9 Å². The number of aromatic carboxylic acids is 1. The summed E-state index contributed by atoms with van der Waals surface area (Å²) in [6.07, 6.45) is 2.39. The van der Waals surface area contributed by atoms with Crippen molar-refractivity contribution in [1.29, 1.82) is 0 Å². The minimum absolute atomic E-state index is 0.00125. The van der Waals surface area contributed by atoms with E-state index in [1.807, 2.05) is 0 Å². The molecule has 0 aliphatic heterocycles. The second-order valence-corrected chi connectivity index (χ2v) is 3.61. The first kappa shape index (κ1) is 12.8. The maximum atomic E-state index is 11.4. The molecule has 0 radical (unpaired) electrons. The zero-order chi connectivity index (χ0) is 14.0. The zero-order valence-corrected chi connectivity index (χ0v) is 10.3. The van der Waals surface area contributed by atoms with Crippen molar-refractivity contribution in [1.82, 2.24) is 14.8 Å². The second-order valence-electron chi connectivity index (χ2n) is 3.61. The fourth-order valence-corrected chi connectivity index (χ4v) is 1.44. The predicted octanol–water partition coefficient (Wildman–Crippen LogP) is 1.04. The molecule has 8 nitrogen and oxygen atoms in total. The third-order valence-electron chi connectivity index (χ3n) is 2.30. The molecule has 0 fully saturated rings.